The molecule has 10 heteroatoms. The number of likely N-dealkylation sites (tertiary alicyclic amines) is 1. The summed E-state index contributed by atoms with van der Waals surface area (Å²) in [4.78, 5) is 71.1. The van der Waals surface area contributed by atoms with Gasteiger partial charge in [-0.05, 0) is 73.1 Å². The Morgan fingerprint density at radius 2 is 1.70 bits per heavy atom. The van der Waals surface area contributed by atoms with Crippen LogP contribution >= 0.6 is 11.6 Å². The van der Waals surface area contributed by atoms with Crippen LogP contribution in [0, 0.1) is 30.6 Å². The molecule has 0 radical (unpaired) electrons. The van der Waals surface area contributed by atoms with Gasteiger partial charge in [0.25, 0.3) is 0 Å². The van der Waals surface area contributed by atoms with Crippen LogP contribution in [0.3, 0.4) is 0 Å². The first-order valence-electron chi connectivity index (χ1n) is 15.8. The zero-order chi connectivity index (χ0) is 33.2. The lowest BCUT2D eigenvalue weighted by atomic mass is 9.49. The number of carboxylic acid groups (broad SMARTS) is 1. The molecule has 0 bridgehead atoms. The lowest BCUT2D eigenvalue weighted by Crippen LogP contribution is -2.53. The van der Waals surface area contributed by atoms with E-state index in [9.17, 15) is 24.3 Å². The number of carbonyl (C=O) groups excluding carboxylic acids is 4. The SMILES string of the molecule is Cc1cc([C@H]2C3=CC[C@@H]4C(=O)N(CCCC(=O)O)C(=O)[C@@H]4[C@@H]3C[C@H]3C(=O)N(c4cccc(Cl)c4)C(=O)[C@@]23c2ccccc2)ccc1O. The van der Waals surface area contributed by atoms with Crippen LogP contribution in [0.2, 0.25) is 5.02 Å². The molecule has 4 aliphatic rings. The Labute approximate surface area is 276 Å². The van der Waals surface area contributed by atoms with E-state index >= 15 is 4.79 Å². The quantitative estimate of drug-likeness (QED) is 0.259. The molecule has 240 valence electrons. The van der Waals surface area contributed by atoms with E-state index < -0.39 is 52.8 Å². The van der Waals surface area contributed by atoms with Crippen LogP contribution in [0.25, 0.3) is 0 Å². The van der Waals surface area contributed by atoms with Gasteiger partial charge in [-0.2, -0.15) is 0 Å². The molecular weight excluding hydrogens is 620 g/mol. The van der Waals surface area contributed by atoms with Crippen molar-refractivity contribution in [2.24, 2.45) is 23.7 Å². The minimum atomic E-state index is -1.40. The van der Waals surface area contributed by atoms with E-state index in [4.69, 9.17) is 16.7 Å². The number of carboxylic acids is 1. The zero-order valence-electron chi connectivity index (χ0n) is 25.6. The largest absolute Gasteiger partial charge is 0.508 e. The molecule has 7 rings (SSSR count). The second-order valence-corrected chi connectivity index (χ2v) is 13.4. The Balaban J connectivity index is 1.43. The van der Waals surface area contributed by atoms with Gasteiger partial charge in [-0.1, -0.05) is 71.8 Å². The number of allylic oxidation sites excluding steroid dienone is 2. The molecule has 2 N–H and O–H groups in total. The number of anilines is 1. The van der Waals surface area contributed by atoms with Gasteiger partial charge in [0.2, 0.25) is 23.6 Å². The molecule has 2 saturated heterocycles. The van der Waals surface area contributed by atoms with Crippen molar-refractivity contribution in [1.82, 2.24) is 4.90 Å². The summed E-state index contributed by atoms with van der Waals surface area (Å²) in [5, 5.41) is 20.0. The number of aromatic hydroxyl groups is 1. The van der Waals surface area contributed by atoms with Gasteiger partial charge in [-0.3, -0.25) is 28.9 Å². The third-order valence-corrected chi connectivity index (χ3v) is 10.8. The summed E-state index contributed by atoms with van der Waals surface area (Å²) in [6.45, 7) is 1.78. The zero-order valence-corrected chi connectivity index (χ0v) is 26.4. The van der Waals surface area contributed by atoms with Crippen LogP contribution in [0.4, 0.5) is 5.69 Å². The van der Waals surface area contributed by atoms with E-state index in [1.807, 2.05) is 42.5 Å². The molecule has 0 unspecified atom stereocenters. The summed E-state index contributed by atoms with van der Waals surface area (Å²) < 4.78 is 0. The van der Waals surface area contributed by atoms with E-state index in [1.165, 1.54) is 9.80 Å². The molecule has 0 aromatic heterocycles. The van der Waals surface area contributed by atoms with Crippen molar-refractivity contribution in [3.8, 4) is 5.75 Å². The summed E-state index contributed by atoms with van der Waals surface area (Å²) in [6.07, 6.45) is 2.40. The Kier molecular flexibility index (Phi) is 7.55. The molecule has 2 aliphatic carbocycles. The molecule has 2 heterocycles. The van der Waals surface area contributed by atoms with E-state index in [0.717, 1.165) is 5.57 Å². The van der Waals surface area contributed by atoms with Crippen LogP contribution in [0.5, 0.6) is 5.75 Å². The molecule has 3 fully saturated rings. The molecule has 2 aliphatic heterocycles. The topological polar surface area (TPSA) is 132 Å². The van der Waals surface area contributed by atoms with Crippen LogP contribution in [0.15, 0.2) is 84.4 Å². The number of benzene rings is 3. The molecule has 1 saturated carbocycles. The van der Waals surface area contributed by atoms with Gasteiger partial charge in [0.05, 0.1) is 28.9 Å². The predicted molar refractivity (Wildman–Crippen MR) is 173 cm³/mol. The fraction of sp³-hybridized carbons (Fsp3) is 0.324. The molecule has 3 aromatic carbocycles. The van der Waals surface area contributed by atoms with Gasteiger partial charge in [0.1, 0.15) is 5.75 Å². The van der Waals surface area contributed by atoms with Gasteiger partial charge in [-0.25, -0.2) is 4.90 Å². The van der Waals surface area contributed by atoms with Gasteiger partial charge in [0.15, 0.2) is 0 Å². The Hall–Kier alpha value is -4.76. The lowest BCUT2D eigenvalue weighted by molar-refractivity contribution is -0.142. The highest BCUT2D eigenvalue weighted by Crippen LogP contribution is 2.64. The number of aliphatic carboxylic acids is 1. The van der Waals surface area contributed by atoms with Gasteiger partial charge in [0, 0.05) is 23.9 Å². The molecule has 9 nitrogen and oxygen atoms in total. The van der Waals surface area contributed by atoms with Crippen molar-refractivity contribution in [1.29, 1.82) is 0 Å². The first kappa shape index (κ1) is 30.9. The Bertz CT molecular complexity index is 1870. The fourth-order valence-electron chi connectivity index (χ4n) is 8.65. The van der Waals surface area contributed by atoms with Crippen molar-refractivity contribution >= 4 is 46.9 Å². The Morgan fingerprint density at radius 3 is 2.40 bits per heavy atom. The lowest BCUT2D eigenvalue weighted by Gasteiger charge is -2.50. The number of nitrogens with zero attached hydrogens (tertiary/aromatic N) is 2. The van der Waals surface area contributed by atoms with E-state index in [2.05, 4.69) is 0 Å². The van der Waals surface area contributed by atoms with Crippen molar-refractivity contribution in [3.63, 3.8) is 0 Å². The van der Waals surface area contributed by atoms with Crippen LogP contribution in [-0.2, 0) is 29.4 Å². The van der Waals surface area contributed by atoms with E-state index in [1.54, 1.807) is 43.3 Å². The first-order chi connectivity index (χ1) is 22.5. The maximum atomic E-state index is 15.2. The number of aryl methyl sites for hydroxylation is 1. The van der Waals surface area contributed by atoms with Gasteiger partial charge >= 0.3 is 5.97 Å². The van der Waals surface area contributed by atoms with Crippen molar-refractivity contribution < 1.29 is 34.2 Å². The minimum Gasteiger partial charge on any atom is -0.508 e. The molecule has 47 heavy (non-hydrogen) atoms. The average molecular weight is 653 g/mol. The number of carbonyl (C=O) groups is 5. The van der Waals surface area contributed by atoms with Gasteiger partial charge < -0.3 is 10.2 Å². The number of fused-ring (bicyclic) bond motifs is 4. The summed E-state index contributed by atoms with van der Waals surface area (Å²) in [5.41, 5.74) is 1.75. The van der Waals surface area contributed by atoms with E-state index in [0.29, 0.717) is 27.4 Å². The third-order valence-electron chi connectivity index (χ3n) is 10.6. The minimum absolute atomic E-state index is 0.0109. The second-order valence-electron chi connectivity index (χ2n) is 13.0. The van der Waals surface area contributed by atoms with Crippen LogP contribution in [-0.4, -0.2) is 51.3 Å². The summed E-state index contributed by atoms with van der Waals surface area (Å²) in [5.74, 6) is -5.90. The normalized spacial score (nSPS) is 28.2. The first-order valence-corrected chi connectivity index (χ1v) is 16.2. The summed E-state index contributed by atoms with van der Waals surface area (Å²) in [7, 11) is 0. The van der Waals surface area contributed by atoms with Crippen molar-refractivity contribution in [2.75, 3.05) is 11.4 Å². The van der Waals surface area contributed by atoms with Crippen LogP contribution < -0.4 is 4.90 Å². The predicted octanol–water partition coefficient (Wildman–Crippen LogP) is 5.38. The van der Waals surface area contributed by atoms with Crippen molar-refractivity contribution in [2.45, 2.75) is 43.9 Å². The Morgan fingerprint density at radius 1 is 0.936 bits per heavy atom. The monoisotopic (exact) mass is 652 g/mol. The highest BCUT2D eigenvalue weighted by Gasteiger charge is 2.70. The molecule has 3 aromatic rings. The number of imide groups is 2. The molecule has 4 amide bonds. The maximum absolute atomic E-state index is 15.2. The molecular formula is C37H33ClN2O7. The number of halogens is 1. The van der Waals surface area contributed by atoms with E-state index in [-0.39, 0.29) is 49.8 Å². The average Bonchev–Trinajstić information content (AvgIpc) is 3.43. The second kappa shape index (κ2) is 11.5. The number of phenols is 1. The standard InChI is InChI=1S/C37H33ClN2O7/c1-20-17-21(12-15-29(20)41)32-25-13-14-26-31(35(46)39(33(26)44)16-6-11-30(42)43)27(25)19-28-34(45)40(24-10-5-9-23(38)18-24)36(47)37(28,32)22-7-3-2-4-8-22/h2-5,7-10,12-13,15,17-18,26-28,31-32,41H,6,11,14,16,19H2,1H3,(H,42,43)/t26-,27+,28-,31-,32-,37+/m0/s1. The number of rotatable bonds is 7. The van der Waals surface area contributed by atoms with Gasteiger partial charge in [-0.15, -0.1) is 0 Å². The highest BCUT2D eigenvalue weighted by molar-refractivity contribution is 6.32. The van der Waals surface area contributed by atoms with Crippen LogP contribution in [0.1, 0.15) is 48.3 Å². The summed E-state index contributed by atoms with van der Waals surface area (Å²) >= 11 is 6.35. The summed E-state index contributed by atoms with van der Waals surface area (Å²) in [6, 6.07) is 21.0. The maximum Gasteiger partial charge on any atom is 0.303 e. The fourth-order valence-corrected chi connectivity index (χ4v) is 8.84. The number of hydrogen-bond donors (Lipinski definition) is 2. The highest BCUT2D eigenvalue weighted by atomic mass is 35.5. The third kappa shape index (κ3) is 4.62. The smallest absolute Gasteiger partial charge is 0.303 e. The number of amides is 4. The van der Waals surface area contributed by atoms with Crippen molar-refractivity contribution in [3.05, 3.63) is 106 Å². The molecule has 0 spiro atoms. The number of hydrogen-bond acceptors (Lipinski definition) is 6. The molecule has 6 atom stereocenters. The number of phenolic OH excluding ortho intramolecular Hbond substituents is 1.